The van der Waals surface area contributed by atoms with Gasteiger partial charge in [-0.05, 0) is 30.5 Å². The number of Topliss-reactive ketones (excluding diaryl/α,β-unsaturated/α-hetero) is 1. The Morgan fingerprint density at radius 3 is 2.53 bits per heavy atom. The quantitative estimate of drug-likeness (QED) is 0.791. The zero-order valence-corrected chi connectivity index (χ0v) is 11.4. The molecule has 0 amide bonds. The second kappa shape index (κ2) is 6.46. The minimum atomic E-state index is 0.354. The molecule has 3 heteroatoms. The van der Waals surface area contributed by atoms with E-state index in [-0.39, 0.29) is 0 Å². The largest absolute Gasteiger partial charge is 0.298 e. The maximum Gasteiger partial charge on any atom is 0.145 e. The highest BCUT2D eigenvalue weighted by atomic mass is 35.5. The summed E-state index contributed by atoms with van der Waals surface area (Å²) >= 11 is 7.54. The molecule has 92 valence electrons. The molecular formula is C14H17ClOS. The van der Waals surface area contributed by atoms with Crippen LogP contribution in [0.3, 0.4) is 0 Å². The Bertz CT molecular complexity index is 368. The van der Waals surface area contributed by atoms with Gasteiger partial charge in [-0.15, -0.1) is 11.8 Å². The van der Waals surface area contributed by atoms with Crippen LogP contribution in [-0.4, -0.2) is 11.5 Å². The van der Waals surface area contributed by atoms with E-state index in [1.807, 2.05) is 24.3 Å². The number of carbonyl (C=O) groups is 1. The lowest BCUT2D eigenvalue weighted by molar-refractivity contribution is -0.120. The normalized spacial score (nSPS) is 16.3. The number of hydrogen-bond acceptors (Lipinski definition) is 2. The zero-order valence-electron chi connectivity index (χ0n) is 9.82. The number of rotatable bonds is 5. The zero-order chi connectivity index (χ0) is 12.1. The SMILES string of the molecule is O=C(CSCc1ccc(Cl)cc1)C1CCCC1. The second-order valence-electron chi connectivity index (χ2n) is 4.57. The number of ketones is 1. The van der Waals surface area contributed by atoms with Crippen LogP contribution in [0.25, 0.3) is 0 Å². The van der Waals surface area contributed by atoms with Crippen molar-refractivity contribution in [3.05, 3.63) is 34.9 Å². The first kappa shape index (κ1) is 13.0. The lowest BCUT2D eigenvalue weighted by atomic mass is 10.0. The van der Waals surface area contributed by atoms with Crippen molar-refractivity contribution in [3.63, 3.8) is 0 Å². The van der Waals surface area contributed by atoms with Crippen LogP contribution in [0.15, 0.2) is 24.3 Å². The Morgan fingerprint density at radius 1 is 1.24 bits per heavy atom. The van der Waals surface area contributed by atoms with E-state index in [2.05, 4.69) is 0 Å². The van der Waals surface area contributed by atoms with E-state index >= 15 is 0 Å². The van der Waals surface area contributed by atoms with E-state index < -0.39 is 0 Å². The predicted octanol–water partition coefficient (Wildman–Crippen LogP) is 4.33. The minimum Gasteiger partial charge on any atom is -0.298 e. The van der Waals surface area contributed by atoms with E-state index in [4.69, 9.17) is 11.6 Å². The fourth-order valence-electron chi connectivity index (χ4n) is 2.22. The Labute approximate surface area is 112 Å². The fourth-order valence-corrected chi connectivity index (χ4v) is 3.31. The summed E-state index contributed by atoms with van der Waals surface area (Å²) in [5.74, 6) is 2.36. The first-order valence-electron chi connectivity index (χ1n) is 6.10. The molecule has 0 aromatic heterocycles. The third-order valence-electron chi connectivity index (χ3n) is 3.24. The Balaban J connectivity index is 1.72. The van der Waals surface area contributed by atoms with E-state index in [1.165, 1.54) is 18.4 Å². The van der Waals surface area contributed by atoms with Gasteiger partial charge in [-0.1, -0.05) is 36.6 Å². The van der Waals surface area contributed by atoms with Gasteiger partial charge < -0.3 is 0 Å². The molecule has 0 bridgehead atoms. The van der Waals surface area contributed by atoms with E-state index in [0.29, 0.717) is 17.5 Å². The smallest absolute Gasteiger partial charge is 0.145 e. The van der Waals surface area contributed by atoms with E-state index in [0.717, 1.165) is 23.6 Å². The molecule has 2 rings (SSSR count). The van der Waals surface area contributed by atoms with Crippen molar-refractivity contribution in [1.29, 1.82) is 0 Å². The fraction of sp³-hybridized carbons (Fsp3) is 0.500. The molecule has 1 aliphatic rings. The molecule has 0 radical (unpaired) electrons. The predicted molar refractivity (Wildman–Crippen MR) is 74.6 cm³/mol. The molecule has 1 aromatic carbocycles. The first-order valence-corrected chi connectivity index (χ1v) is 7.64. The summed E-state index contributed by atoms with van der Waals surface area (Å²) in [6.07, 6.45) is 4.69. The number of benzene rings is 1. The van der Waals surface area contributed by atoms with Crippen LogP contribution in [0, 0.1) is 5.92 Å². The molecule has 0 atom stereocenters. The molecule has 1 aliphatic carbocycles. The summed E-state index contributed by atoms with van der Waals surface area (Å²) in [6.45, 7) is 0. The van der Waals surface area contributed by atoms with Gasteiger partial charge in [-0.3, -0.25) is 4.79 Å². The lowest BCUT2D eigenvalue weighted by Gasteiger charge is -2.07. The number of thioether (sulfide) groups is 1. The van der Waals surface area contributed by atoms with Crippen LogP contribution in [0.1, 0.15) is 31.2 Å². The molecule has 1 saturated carbocycles. The number of carbonyl (C=O) groups excluding carboxylic acids is 1. The third-order valence-corrected chi connectivity index (χ3v) is 4.51. The second-order valence-corrected chi connectivity index (χ2v) is 5.99. The van der Waals surface area contributed by atoms with Crippen molar-refractivity contribution in [1.82, 2.24) is 0 Å². The topological polar surface area (TPSA) is 17.1 Å². The van der Waals surface area contributed by atoms with Crippen LogP contribution in [0.2, 0.25) is 5.02 Å². The van der Waals surface area contributed by atoms with Gasteiger partial charge in [-0.25, -0.2) is 0 Å². The summed E-state index contributed by atoms with van der Waals surface area (Å²) in [5.41, 5.74) is 1.23. The third kappa shape index (κ3) is 4.04. The van der Waals surface area contributed by atoms with Crippen molar-refractivity contribution in [2.45, 2.75) is 31.4 Å². The highest BCUT2D eigenvalue weighted by Crippen LogP contribution is 2.27. The lowest BCUT2D eigenvalue weighted by Crippen LogP contribution is -2.13. The van der Waals surface area contributed by atoms with Crippen molar-refractivity contribution in [3.8, 4) is 0 Å². The number of halogens is 1. The van der Waals surface area contributed by atoms with Crippen molar-refractivity contribution >= 4 is 29.1 Å². The van der Waals surface area contributed by atoms with Gasteiger partial charge in [-0.2, -0.15) is 0 Å². The monoisotopic (exact) mass is 268 g/mol. The molecular weight excluding hydrogens is 252 g/mol. The van der Waals surface area contributed by atoms with Crippen LogP contribution in [0.4, 0.5) is 0 Å². The van der Waals surface area contributed by atoms with E-state index in [1.54, 1.807) is 11.8 Å². The van der Waals surface area contributed by atoms with Gasteiger partial charge >= 0.3 is 0 Å². The van der Waals surface area contributed by atoms with Crippen LogP contribution < -0.4 is 0 Å². The molecule has 0 aliphatic heterocycles. The maximum absolute atomic E-state index is 11.8. The average Bonchev–Trinajstić information content (AvgIpc) is 2.85. The summed E-state index contributed by atoms with van der Waals surface area (Å²) in [5, 5.41) is 0.765. The standard InChI is InChI=1S/C14H17ClOS/c15-13-7-5-11(6-8-13)9-17-10-14(16)12-3-1-2-4-12/h5-8,12H,1-4,9-10H2. The number of hydrogen-bond donors (Lipinski definition) is 0. The summed E-state index contributed by atoms with van der Waals surface area (Å²) in [7, 11) is 0. The molecule has 0 heterocycles. The summed E-state index contributed by atoms with van der Waals surface area (Å²) in [6, 6.07) is 7.84. The van der Waals surface area contributed by atoms with Gasteiger partial charge in [0.2, 0.25) is 0 Å². The van der Waals surface area contributed by atoms with Crippen molar-refractivity contribution in [2.24, 2.45) is 5.92 Å². The molecule has 0 unspecified atom stereocenters. The summed E-state index contributed by atoms with van der Waals surface area (Å²) < 4.78 is 0. The molecule has 0 N–H and O–H groups in total. The maximum atomic E-state index is 11.8. The van der Waals surface area contributed by atoms with Crippen molar-refractivity contribution in [2.75, 3.05) is 5.75 Å². The molecule has 0 spiro atoms. The van der Waals surface area contributed by atoms with Crippen molar-refractivity contribution < 1.29 is 4.79 Å². The van der Waals surface area contributed by atoms with Crippen LogP contribution in [0.5, 0.6) is 0 Å². The van der Waals surface area contributed by atoms with Crippen LogP contribution in [-0.2, 0) is 10.5 Å². The average molecular weight is 269 g/mol. The highest BCUT2D eigenvalue weighted by molar-refractivity contribution is 7.99. The van der Waals surface area contributed by atoms with Gasteiger partial charge in [0.25, 0.3) is 0 Å². The summed E-state index contributed by atoms with van der Waals surface area (Å²) in [4.78, 5) is 11.8. The molecule has 1 fully saturated rings. The molecule has 1 aromatic rings. The Hall–Kier alpha value is -0.470. The molecule has 1 nitrogen and oxygen atoms in total. The van der Waals surface area contributed by atoms with Crippen LogP contribution >= 0.6 is 23.4 Å². The minimum absolute atomic E-state index is 0.354. The van der Waals surface area contributed by atoms with Gasteiger partial charge in [0.1, 0.15) is 5.78 Å². The van der Waals surface area contributed by atoms with Gasteiger partial charge in [0.05, 0.1) is 5.75 Å². The molecule has 0 saturated heterocycles. The Kier molecular flexibility index (Phi) is 4.93. The van der Waals surface area contributed by atoms with Gasteiger partial charge in [0.15, 0.2) is 0 Å². The van der Waals surface area contributed by atoms with Gasteiger partial charge in [0, 0.05) is 16.7 Å². The van der Waals surface area contributed by atoms with E-state index in [9.17, 15) is 4.79 Å². The first-order chi connectivity index (χ1) is 8.25. The highest BCUT2D eigenvalue weighted by Gasteiger charge is 2.21. The Morgan fingerprint density at radius 2 is 1.88 bits per heavy atom. The molecule has 17 heavy (non-hydrogen) atoms.